The molecule has 6 atom stereocenters. The SMILES string of the molecule is CCC(=O)NNC(=O)OCCSSC[C@H](CC(=O)[C@H](Cc1ccccc1)NC(=O)[C@H](CC(=O)O)CC(=O)CC[C@H](NC(=O)CC[C@H](NC(=S)N[C@@H](CCC(=O)O)OC=O)C(=O)O)C(=O)O)C(=O)O. The molecule has 28 heteroatoms. The molecule has 0 saturated carbocycles. The molecule has 0 fully saturated rings. The number of aliphatic carboxylic acids is 5. The van der Waals surface area contributed by atoms with E-state index in [2.05, 4.69) is 36.9 Å². The standard InChI is InChI=1S/C40H54N6O19S3/c1-2-30(50)45-46-40(63)64-14-15-67-68-20-24(36(57)58)18-29(49)28(16-22-6-4-3-5-7-22)42-35(56)23(19-34(54)55)17-25(48)8-9-26(37(59)60)41-31(51)11-10-27(38(61)62)43-39(66)44-32(65-21-47)12-13-33(52)53/h3-7,21,23-24,26-28,32H,2,8-20H2,1H3,(H,41,51)(H,42,56)(H,45,50)(H,46,63)(H,52,53)(H,54,55)(H,57,58)(H,59,60)(H,61,62)(H2,43,44,66)/t23-,24-,26-,27-,28-,32+/m0/s1. The summed E-state index contributed by atoms with van der Waals surface area (Å²) in [5, 5.41) is 56.8. The first-order chi connectivity index (χ1) is 32.1. The monoisotopic (exact) mass is 1020 g/mol. The Morgan fingerprint density at radius 1 is 0.676 bits per heavy atom. The summed E-state index contributed by atoms with van der Waals surface area (Å²) in [5.41, 5.74) is 4.72. The molecule has 0 heterocycles. The van der Waals surface area contributed by atoms with E-state index in [9.17, 15) is 78.0 Å². The van der Waals surface area contributed by atoms with E-state index in [0.717, 1.165) is 21.6 Å². The fourth-order valence-corrected chi connectivity index (χ4v) is 8.04. The largest absolute Gasteiger partial charge is 0.481 e. The maximum absolute atomic E-state index is 13.7. The van der Waals surface area contributed by atoms with Gasteiger partial charge in [-0.05, 0) is 37.0 Å². The van der Waals surface area contributed by atoms with Crippen LogP contribution in [-0.2, 0) is 68.6 Å². The van der Waals surface area contributed by atoms with Gasteiger partial charge in [0.25, 0.3) is 6.47 Å². The highest BCUT2D eigenvalue weighted by Gasteiger charge is 2.32. The van der Waals surface area contributed by atoms with Crippen LogP contribution in [0.4, 0.5) is 4.79 Å². The van der Waals surface area contributed by atoms with Crippen molar-refractivity contribution in [3.8, 4) is 0 Å². The minimum atomic E-state index is -1.69. The van der Waals surface area contributed by atoms with Crippen molar-refractivity contribution in [2.24, 2.45) is 11.8 Å². The van der Waals surface area contributed by atoms with Gasteiger partial charge in [-0.25, -0.2) is 19.8 Å². The Morgan fingerprint density at radius 2 is 1.32 bits per heavy atom. The molecule has 0 aliphatic carbocycles. The second-order valence-corrected chi connectivity index (χ2v) is 17.5. The van der Waals surface area contributed by atoms with Crippen molar-refractivity contribution in [1.29, 1.82) is 0 Å². The Labute approximate surface area is 401 Å². The lowest BCUT2D eigenvalue weighted by Gasteiger charge is -2.23. The Balaban J connectivity index is 2.94. The van der Waals surface area contributed by atoms with Gasteiger partial charge in [-0.1, -0.05) is 58.8 Å². The lowest BCUT2D eigenvalue weighted by Crippen LogP contribution is -2.50. The van der Waals surface area contributed by atoms with Gasteiger partial charge in [-0.15, -0.1) is 0 Å². The summed E-state index contributed by atoms with van der Waals surface area (Å²) in [6.07, 6.45) is -7.14. The average Bonchev–Trinajstić information content (AvgIpc) is 3.27. The number of thiocarbonyl (C=S) groups is 1. The third-order valence-corrected chi connectivity index (χ3v) is 11.9. The lowest BCUT2D eigenvalue weighted by molar-refractivity contribution is -0.144. The molecule has 0 saturated heterocycles. The number of ketones is 2. The fraction of sp³-hybridized carbons (Fsp3) is 0.525. The number of carbonyl (C=O) groups is 12. The summed E-state index contributed by atoms with van der Waals surface area (Å²) in [6, 6.07) is 3.66. The number of hydrazine groups is 1. The van der Waals surface area contributed by atoms with Crippen molar-refractivity contribution in [2.75, 3.05) is 18.1 Å². The summed E-state index contributed by atoms with van der Waals surface area (Å²) in [7, 11) is 2.21. The van der Waals surface area contributed by atoms with Gasteiger partial charge in [0.1, 0.15) is 24.5 Å². The Hall–Kier alpha value is -6.55. The van der Waals surface area contributed by atoms with Gasteiger partial charge in [-0.2, -0.15) is 0 Å². The maximum atomic E-state index is 13.7. The van der Waals surface area contributed by atoms with E-state index in [0.29, 0.717) is 5.56 Å². The third-order valence-electron chi connectivity index (χ3n) is 9.17. The van der Waals surface area contributed by atoms with Crippen molar-refractivity contribution >= 4 is 111 Å². The first-order valence-corrected chi connectivity index (χ1v) is 23.5. The molecule has 25 nitrogen and oxygen atoms in total. The Kier molecular flexibility index (Phi) is 28.9. The molecular formula is C40H54N6O19S3. The molecule has 0 unspecified atom stereocenters. The summed E-state index contributed by atoms with van der Waals surface area (Å²) in [4.78, 5) is 145. The van der Waals surface area contributed by atoms with E-state index in [1.807, 2.05) is 0 Å². The first-order valence-electron chi connectivity index (χ1n) is 20.6. The van der Waals surface area contributed by atoms with Gasteiger partial charge >= 0.3 is 35.9 Å². The predicted octanol–water partition coefficient (Wildman–Crippen LogP) is 0.384. The van der Waals surface area contributed by atoms with E-state index >= 15 is 0 Å². The smallest absolute Gasteiger partial charge is 0.426 e. The van der Waals surface area contributed by atoms with Crippen LogP contribution in [0.2, 0.25) is 0 Å². The van der Waals surface area contributed by atoms with E-state index in [4.69, 9.17) is 22.1 Å². The number of carboxylic acids is 5. The fourth-order valence-electron chi connectivity index (χ4n) is 5.64. The lowest BCUT2D eigenvalue weighted by atomic mass is 9.92. The zero-order chi connectivity index (χ0) is 51.2. The minimum Gasteiger partial charge on any atom is -0.481 e. The molecule has 0 radical (unpaired) electrons. The average molecular weight is 1020 g/mol. The van der Waals surface area contributed by atoms with Crippen molar-refractivity contribution in [3.05, 3.63) is 35.9 Å². The van der Waals surface area contributed by atoms with E-state index in [1.165, 1.54) is 0 Å². The number of hydrogen-bond acceptors (Lipinski definition) is 17. The second-order valence-electron chi connectivity index (χ2n) is 14.5. The highest BCUT2D eigenvalue weighted by Crippen LogP contribution is 2.26. The first kappa shape index (κ1) is 59.5. The molecule has 4 amide bonds. The van der Waals surface area contributed by atoms with Gasteiger partial charge in [0.05, 0.1) is 30.7 Å². The predicted molar refractivity (Wildman–Crippen MR) is 242 cm³/mol. The van der Waals surface area contributed by atoms with E-state index in [1.54, 1.807) is 37.3 Å². The number of benzene rings is 1. The number of ether oxygens (including phenoxy) is 2. The minimum absolute atomic E-state index is 0.0194. The molecule has 0 spiro atoms. The summed E-state index contributed by atoms with van der Waals surface area (Å²) >= 11 is 5.00. The van der Waals surface area contributed by atoms with Crippen LogP contribution in [0.15, 0.2) is 30.3 Å². The Bertz CT molecular complexity index is 1950. The van der Waals surface area contributed by atoms with Crippen molar-refractivity contribution in [1.82, 2.24) is 32.1 Å². The topological polar surface area (TPSA) is 397 Å². The molecule has 0 aliphatic rings. The van der Waals surface area contributed by atoms with Crippen LogP contribution >= 0.6 is 33.8 Å². The van der Waals surface area contributed by atoms with Crippen molar-refractivity contribution < 1.29 is 92.5 Å². The van der Waals surface area contributed by atoms with Crippen LogP contribution in [-0.4, -0.2) is 145 Å². The van der Waals surface area contributed by atoms with Gasteiger partial charge in [0, 0.05) is 50.0 Å². The highest BCUT2D eigenvalue weighted by atomic mass is 33.1. The number of amides is 4. The number of hydrogen-bond donors (Lipinski definition) is 11. The van der Waals surface area contributed by atoms with Crippen LogP contribution in [0.25, 0.3) is 0 Å². The molecule has 1 rings (SSSR count). The quantitative estimate of drug-likeness (QED) is 0.0109. The number of nitrogens with one attached hydrogen (secondary N) is 6. The van der Waals surface area contributed by atoms with Gasteiger partial charge < -0.3 is 56.3 Å². The molecule has 376 valence electrons. The van der Waals surface area contributed by atoms with Crippen LogP contribution in [0.3, 0.4) is 0 Å². The molecule has 1 aromatic carbocycles. The second kappa shape index (κ2) is 33.0. The molecule has 0 aromatic heterocycles. The normalized spacial score (nSPS) is 13.2. The molecule has 0 aliphatic heterocycles. The maximum Gasteiger partial charge on any atom is 0.426 e. The number of carboxylic acid groups (broad SMARTS) is 5. The molecule has 68 heavy (non-hydrogen) atoms. The van der Waals surface area contributed by atoms with Gasteiger partial charge in [0.15, 0.2) is 17.1 Å². The van der Waals surface area contributed by atoms with Gasteiger partial charge in [0.2, 0.25) is 17.7 Å². The highest BCUT2D eigenvalue weighted by molar-refractivity contribution is 8.76. The third kappa shape index (κ3) is 26.6. The molecule has 0 bridgehead atoms. The molecule has 11 N–H and O–H groups in total. The van der Waals surface area contributed by atoms with E-state index in [-0.39, 0.29) is 49.0 Å². The summed E-state index contributed by atoms with van der Waals surface area (Å²) in [5.74, 6) is -13.7. The van der Waals surface area contributed by atoms with Gasteiger partial charge in [-0.3, -0.25) is 48.6 Å². The van der Waals surface area contributed by atoms with E-state index < -0.39 is 153 Å². The number of Topliss-reactive ketones (excluding diaryl/α,β-unsaturated/α-hetero) is 2. The molecule has 1 aromatic rings. The zero-order valence-corrected chi connectivity index (χ0v) is 39.0. The number of rotatable bonds is 35. The van der Waals surface area contributed by atoms with Crippen LogP contribution in [0, 0.1) is 11.8 Å². The summed E-state index contributed by atoms with van der Waals surface area (Å²) in [6.45, 7) is 1.50. The summed E-state index contributed by atoms with van der Waals surface area (Å²) < 4.78 is 9.59. The zero-order valence-electron chi connectivity index (χ0n) is 36.5. The van der Waals surface area contributed by atoms with Crippen molar-refractivity contribution in [2.45, 2.75) is 102 Å². The van der Waals surface area contributed by atoms with Crippen LogP contribution < -0.4 is 32.1 Å². The van der Waals surface area contributed by atoms with Crippen molar-refractivity contribution in [3.63, 3.8) is 0 Å². The number of carbonyl (C=O) groups excluding carboxylic acids is 7. The Morgan fingerprint density at radius 3 is 1.91 bits per heavy atom. The van der Waals surface area contributed by atoms with Crippen LogP contribution in [0.5, 0.6) is 0 Å². The van der Waals surface area contributed by atoms with Crippen LogP contribution in [0.1, 0.15) is 76.7 Å². The molecular weight excluding hydrogens is 965 g/mol.